The van der Waals surface area contributed by atoms with Gasteiger partial charge in [-0.1, -0.05) is 43.6 Å². The summed E-state index contributed by atoms with van der Waals surface area (Å²) in [6.07, 6.45) is 0. The number of benzene rings is 1. The number of hydrogen-bond donors (Lipinski definition) is 1. The predicted octanol–water partition coefficient (Wildman–Crippen LogP) is 3.87. The third-order valence-corrected chi connectivity index (χ3v) is 4.89. The third-order valence-electron chi connectivity index (χ3n) is 3.21. The van der Waals surface area contributed by atoms with Crippen LogP contribution in [0, 0.1) is 5.41 Å². The van der Waals surface area contributed by atoms with Crippen molar-refractivity contribution in [1.82, 2.24) is 10.2 Å². The van der Waals surface area contributed by atoms with Crippen molar-refractivity contribution in [3.8, 4) is 0 Å². The van der Waals surface area contributed by atoms with E-state index >= 15 is 0 Å². The van der Waals surface area contributed by atoms with Crippen molar-refractivity contribution in [2.75, 3.05) is 27.2 Å². The number of nitrogens with zero attached hydrogens (tertiary/aromatic N) is 1. The Hall–Kier alpha value is -1.10. The Balaban J connectivity index is 2.11. The molecule has 0 aliphatic carbocycles. The van der Waals surface area contributed by atoms with Gasteiger partial charge >= 0.3 is 0 Å². The fraction of sp³-hybridized carbons (Fsp3) is 0.438. The summed E-state index contributed by atoms with van der Waals surface area (Å²) in [5.41, 5.74) is 0.0162. The molecule has 0 aliphatic rings. The molecule has 3 nitrogen and oxygen atoms in total. The van der Waals surface area contributed by atoms with Crippen LogP contribution in [0.15, 0.2) is 24.3 Å². The lowest BCUT2D eigenvalue weighted by atomic mass is 9.93. The van der Waals surface area contributed by atoms with E-state index in [1.807, 2.05) is 38.4 Å². The van der Waals surface area contributed by atoms with Crippen molar-refractivity contribution in [2.24, 2.45) is 5.41 Å². The number of amides is 1. The normalized spacial score (nSPS) is 12.1. The Morgan fingerprint density at radius 1 is 1.33 bits per heavy atom. The highest BCUT2D eigenvalue weighted by molar-refractivity contribution is 7.21. The smallest absolute Gasteiger partial charge is 0.262 e. The number of halogens is 1. The number of thiophene rings is 1. The van der Waals surface area contributed by atoms with Crippen LogP contribution < -0.4 is 5.32 Å². The predicted molar refractivity (Wildman–Crippen MR) is 91.5 cm³/mol. The van der Waals surface area contributed by atoms with Crippen molar-refractivity contribution in [3.05, 3.63) is 34.2 Å². The molecule has 21 heavy (non-hydrogen) atoms. The van der Waals surface area contributed by atoms with Crippen LogP contribution in [-0.2, 0) is 0 Å². The van der Waals surface area contributed by atoms with E-state index in [1.54, 1.807) is 0 Å². The first-order valence-corrected chi connectivity index (χ1v) is 8.09. The van der Waals surface area contributed by atoms with Gasteiger partial charge in [-0.15, -0.1) is 11.3 Å². The molecule has 1 aromatic carbocycles. The fourth-order valence-corrected chi connectivity index (χ4v) is 3.91. The van der Waals surface area contributed by atoms with E-state index in [9.17, 15) is 4.79 Å². The van der Waals surface area contributed by atoms with Crippen LogP contribution in [0.4, 0.5) is 0 Å². The second-order valence-electron chi connectivity index (χ2n) is 6.33. The molecule has 0 fully saturated rings. The van der Waals surface area contributed by atoms with Gasteiger partial charge in [-0.05, 0) is 25.6 Å². The molecule has 114 valence electrons. The molecule has 2 rings (SSSR count). The lowest BCUT2D eigenvalue weighted by molar-refractivity contribution is 0.0933. The van der Waals surface area contributed by atoms with E-state index < -0.39 is 0 Å². The first kappa shape index (κ1) is 16.3. The van der Waals surface area contributed by atoms with Crippen molar-refractivity contribution in [1.29, 1.82) is 0 Å². The van der Waals surface area contributed by atoms with Gasteiger partial charge in [0.25, 0.3) is 5.91 Å². The van der Waals surface area contributed by atoms with Gasteiger partial charge in [0.1, 0.15) is 4.88 Å². The minimum absolute atomic E-state index is 0.0162. The second kappa shape index (κ2) is 6.34. The van der Waals surface area contributed by atoms with Gasteiger partial charge in [0.15, 0.2) is 0 Å². The van der Waals surface area contributed by atoms with Gasteiger partial charge in [-0.3, -0.25) is 4.79 Å². The number of carbonyl (C=O) groups is 1. The van der Waals surface area contributed by atoms with Crippen LogP contribution in [-0.4, -0.2) is 38.0 Å². The monoisotopic (exact) mass is 324 g/mol. The Bertz CT molecular complexity index is 649. The van der Waals surface area contributed by atoms with E-state index in [-0.39, 0.29) is 11.3 Å². The van der Waals surface area contributed by atoms with E-state index in [4.69, 9.17) is 11.6 Å². The summed E-state index contributed by atoms with van der Waals surface area (Å²) < 4.78 is 1.04. The van der Waals surface area contributed by atoms with Crippen LogP contribution in [0.2, 0.25) is 5.02 Å². The summed E-state index contributed by atoms with van der Waals surface area (Å²) >= 11 is 7.77. The molecule has 0 aliphatic heterocycles. The fourth-order valence-electron chi connectivity index (χ4n) is 2.47. The Kier molecular flexibility index (Phi) is 4.91. The SMILES string of the molecule is CN(C)CC(C)(C)CNC(=O)c1sc2ccccc2c1Cl. The number of nitrogens with one attached hydrogen (secondary N) is 1. The van der Waals surface area contributed by atoms with Crippen LogP contribution in [0.5, 0.6) is 0 Å². The summed E-state index contributed by atoms with van der Waals surface area (Å²) in [5, 5.41) is 4.51. The summed E-state index contributed by atoms with van der Waals surface area (Å²) in [6, 6.07) is 7.82. The minimum atomic E-state index is -0.0898. The molecule has 0 saturated heterocycles. The summed E-state index contributed by atoms with van der Waals surface area (Å²) in [7, 11) is 4.07. The van der Waals surface area contributed by atoms with E-state index in [0.29, 0.717) is 16.4 Å². The molecule has 0 spiro atoms. The molecular formula is C16H21ClN2OS. The lowest BCUT2D eigenvalue weighted by Crippen LogP contribution is -2.39. The maximum atomic E-state index is 12.4. The van der Waals surface area contributed by atoms with E-state index in [2.05, 4.69) is 24.1 Å². The Morgan fingerprint density at radius 3 is 2.62 bits per heavy atom. The maximum absolute atomic E-state index is 12.4. The molecule has 0 unspecified atom stereocenters. The largest absolute Gasteiger partial charge is 0.351 e. The zero-order valence-electron chi connectivity index (χ0n) is 12.9. The molecule has 0 radical (unpaired) electrons. The number of carbonyl (C=O) groups excluding carboxylic acids is 1. The molecule has 1 amide bonds. The van der Waals surface area contributed by atoms with Gasteiger partial charge in [0.05, 0.1) is 5.02 Å². The zero-order valence-corrected chi connectivity index (χ0v) is 14.4. The first-order chi connectivity index (χ1) is 9.80. The zero-order chi connectivity index (χ0) is 15.6. The number of rotatable bonds is 5. The summed E-state index contributed by atoms with van der Waals surface area (Å²) in [5.74, 6) is -0.0898. The van der Waals surface area contributed by atoms with Gasteiger partial charge in [0.2, 0.25) is 0 Å². The average molecular weight is 325 g/mol. The van der Waals surface area contributed by atoms with Crippen molar-refractivity contribution in [3.63, 3.8) is 0 Å². The number of hydrogen-bond acceptors (Lipinski definition) is 3. The van der Waals surface area contributed by atoms with Gasteiger partial charge in [0, 0.05) is 23.2 Å². The standard InChI is InChI=1S/C16H21ClN2OS/c1-16(2,10-19(3)4)9-18-15(20)14-13(17)11-7-5-6-8-12(11)21-14/h5-8H,9-10H2,1-4H3,(H,18,20). The lowest BCUT2D eigenvalue weighted by Gasteiger charge is -2.28. The minimum Gasteiger partial charge on any atom is -0.351 e. The molecule has 0 atom stereocenters. The molecule has 0 bridgehead atoms. The van der Waals surface area contributed by atoms with Crippen molar-refractivity contribution in [2.45, 2.75) is 13.8 Å². The summed E-state index contributed by atoms with van der Waals surface area (Å²) in [6.45, 7) is 5.81. The van der Waals surface area contributed by atoms with Gasteiger partial charge in [-0.2, -0.15) is 0 Å². The summed E-state index contributed by atoms with van der Waals surface area (Å²) in [4.78, 5) is 15.1. The second-order valence-corrected chi connectivity index (χ2v) is 7.76. The molecular weight excluding hydrogens is 304 g/mol. The van der Waals surface area contributed by atoms with Crippen LogP contribution >= 0.6 is 22.9 Å². The quantitative estimate of drug-likeness (QED) is 0.905. The Morgan fingerprint density at radius 2 is 2.00 bits per heavy atom. The average Bonchev–Trinajstić information content (AvgIpc) is 2.73. The van der Waals surface area contributed by atoms with Crippen LogP contribution in [0.25, 0.3) is 10.1 Å². The molecule has 5 heteroatoms. The highest BCUT2D eigenvalue weighted by Crippen LogP contribution is 2.35. The van der Waals surface area contributed by atoms with Gasteiger partial charge in [-0.25, -0.2) is 0 Å². The van der Waals surface area contributed by atoms with E-state index in [0.717, 1.165) is 16.6 Å². The van der Waals surface area contributed by atoms with E-state index in [1.165, 1.54) is 11.3 Å². The highest BCUT2D eigenvalue weighted by atomic mass is 35.5. The molecule has 2 aromatic rings. The van der Waals surface area contributed by atoms with Gasteiger partial charge < -0.3 is 10.2 Å². The molecule has 0 saturated carbocycles. The molecule has 1 N–H and O–H groups in total. The van der Waals surface area contributed by atoms with Crippen molar-refractivity contribution >= 4 is 38.9 Å². The molecule has 1 heterocycles. The maximum Gasteiger partial charge on any atom is 0.262 e. The topological polar surface area (TPSA) is 32.3 Å². The first-order valence-electron chi connectivity index (χ1n) is 6.90. The highest BCUT2D eigenvalue weighted by Gasteiger charge is 2.22. The Labute approximate surface area is 134 Å². The number of fused-ring (bicyclic) bond motifs is 1. The van der Waals surface area contributed by atoms with Crippen molar-refractivity contribution < 1.29 is 4.79 Å². The molecule has 1 aromatic heterocycles. The third kappa shape index (κ3) is 3.96. The van der Waals surface area contributed by atoms with Crippen LogP contribution in [0.3, 0.4) is 0 Å². The van der Waals surface area contributed by atoms with Crippen LogP contribution in [0.1, 0.15) is 23.5 Å².